The number of carbonyl (C=O) groups excluding carboxylic acids is 2. The van der Waals surface area contributed by atoms with Crippen LogP contribution < -0.4 is 0 Å². The molecule has 1 aromatic carbocycles. The van der Waals surface area contributed by atoms with E-state index in [1.807, 2.05) is 0 Å². The van der Waals surface area contributed by atoms with E-state index >= 15 is 0 Å². The Morgan fingerprint density at radius 2 is 1.36 bits per heavy atom. The zero-order chi connectivity index (χ0) is 16.0. The molecule has 0 fully saturated rings. The van der Waals surface area contributed by atoms with Gasteiger partial charge >= 0.3 is 0 Å². The second-order valence-electron chi connectivity index (χ2n) is 5.77. The van der Waals surface area contributed by atoms with Crippen molar-refractivity contribution in [3.8, 4) is 0 Å². The molecule has 0 spiro atoms. The van der Waals surface area contributed by atoms with Gasteiger partial charge in [0.05, 0.1) is 6.61 Å². The van der Waals surface area contributed by atoms with Crippen LogP contribution in [0.25, 0.3) is 0 Å². The Balaban J connectivity index is 2.12. The first kappa shape index (κ1) is 18.6. The Kier molecular flexibility index (Phi) is 10.2. The molecule has 0 atom stereocenters. The maximum atomic E-state index is 10.8. The molecule has 0 radical (unpaired) electrons. The van der Waals surface area contributed by atoms with Gasteiger partial charge in [0.1, 0.15) is 12.6 Å². The molecule has 0 heterocycles. The number of benzene rings is 1. The molecule has 0 N–H and O–H groups in total. The standard InChI is InChI=1S/C19H28O3/c1-2-3-4-5-6-7-8-9-10-22-16-19-12-17(14-20)11-18(13-19)15-21/h11-15H,2-10,16H2,1H3. The summed E-state index contributed by atoms with van der Waals surface area (Å²) in [5, 5.41) is 0. The van der Waals surface area contributed by atoms with Crippen molar-refractivity contribution in [2.24, 2.45) is 0 Å². The van der Waals surface area contributed by atoms with Crippen LogP contribution in [0.4, 0.5) is 0 Å². The van der Waals surface area contributed by atoms with Crippen LogP contribution in [0.5, 0.6) is 0 Å². The predicted octanol–water partition coefficient (Wildman–Crippen LogP) is 4.97. The largest absolute Gasteiger partial charge is 0.377 e. The minimum Gasteiger partial charge on any atom is -0.377 e. The summed E-state index contributed by atoms with van der Waals surface area (Å²) in [6.45, 7) is 3.43. The van der Waals surface area contributed by atoms with Crippen molar-refractivity contribution in [2.45, 2.75) is 64.9 Å². The van der Waals surface area contributed by atoms with Crippen molar-refractivity contribution < 1.29 is 14.3 Å². The SMILES string of the molecule is CCCCCCCCCCOCc1cc(C=O)cc(C=O)c1. The van der Waals surface area contributed by atoms with Gasteiger partial charge in [0.15, 0.2) is 0 Å². The minimum absolute atomic E-state index is 0.457. The Morgan fingerprint density at radius 1 is 0.818 bits per heavy atom. The lowest BCUT2D eigenvalue weighted by Crippen LogP contribution is -1.98. The first-order chi connectivity index (χ1) is 10.8. The quantitative estimate of drug-likeness (QED) is 0.382. The van der Waals surface area contributed by atoms with Crippen LogP contribution in [0.1, 0.15) is 84.6 Å². The van der Waals surface area contributed by atoms with Crippen LogP contribution >= 0.6 is 0 Å². The summed E-state index contributed by atoms with van der Waals surface area (Å²) in [6.07, 6.45) is 11.8. The second kappa shape index (κ2) is 12.1. The number of unbranched alkanes of at least 4 members (excludes halogenated alkanes) is 7. The lowest BCUT2D eigenvalue weighted by atomic mass is 10.1. The van der Waals surface area contributed by atoms with Crippen molar-refractivity contribution in [2.75, 3.05) is 6.61 Å². The molecule has 0 aromatic heterocycles. The Labute approximate surface area is 134 Å². The first-order valence-electron chi connectivity index (χ1n) is 8.42. The van der Waals surface area contributed by atoms with Gasteiger partial charge in [-0.1, -0.05) is 51.9 Å². The summed E-state index contributed by atoms with van der Waals surface area (Å²) in [5.41, 5.74) is 1.93. The van der Waals surface area contributed by atoms with Crippen molar-refractivity contribution in [1.29, 1.82) is 0 Å². The van der Waals surface area contributed by atoms with Gasteiger partial charge < -0.3 is 4.74 Å². The first-order valence-corrected chi connectivity index (χ1v) is 8.42. The molecule has 0 aliphatic carbocycles. The summed E-state index contributed by atoms with van der Waals surface area (Å²) in [6, 6.07) is 5.13. The van der Waals surface area contributed by atoms with E-state index in [4.69, 9.17) is 4.74 Å². The third-order valence-corrected chi connectivity index (χ3v) is 3.72. The Hall–Kier alpha value is -1.48. The molecule has 0 aliphatic rings. The Morgan fingerprint density at radius 3 is 1.91 bits per heavy atom. The minimum atomic E-state index is 0.457. The van der Waals surface area contributed by atoms with Crippen LogP contribution in [0.2, 0.25) is 0 Å². The molecule has 22 heavy (non-hydrogen) atoms. The van der Waals surface area contributed by atoms with Gasteiger partial charge in [-0.15, -0.1) is 0 Å². The number of aldehydes is 2. The van der Waals surface area contributed by atoms with Crippen LogP contribution in [0, 0.1) is 0 Å². The highest BCUT2D eigenvalue weighted by Crippen LogP contribution is 2.11. The highest BCUT2D eigenvalue weighted by molar-refractivity contribution is 5.82. The van der Waals surface area contributed by atoms with Gasteiger partial charge in [0, 0.05) is 17.7 Å². The van der Waals surface area contributed by atoms with Crippen LogP contribution in [-0.4, -0.2) is 19.2 Å². The van der Waals surface area contributed by atoms with E-state index in [2.05, 4.69) is 6.92 Å². The lowest BCUT2D eigenvalue weighted by molar-refractivity contribution is 0.111. The normalized spacial score (nSPS) is 10.6. The number of rotatable bonds is 13. The van der Waals surface area contributed by atoms with Gasteiger partial charge in [-0.2, -0.15) is 0 Å². The number of carbonyl (C=O) groups is 2. The molecular formula is C19H28O3. The zero-order valence-electron chi connectivity index (χ0n) is 13.7. The van der Waals surface area contributed by atoms with Crippen LogP contribution in [0.3, 0.4) is 0 Å². The molecule has 0 unspecified atom stereocenters. The molecule has 3 nitrogen and oxygen atoms in total. The number of ether oxygens (including phenoxy) is 1. The van der Waals surface area contributed by atoms with Crippen LogP contribution in [-0.2, 0) is 11.3 Å². The molecule has 122 valence electrons. The summed E-state index contributed by atoms with van der Waals surface area (Å²) in [5.74, 6) is 0. The van der Waals surface area contributed by atoms with Gasteiger partial charge in [-0.3, -0.25) is 9.59 Å². The maximum Gasteiger partial charge on any atom is 0.150 e. The molecule has 0 amide bonds. The fourth-order valence-corrected chi connectivity index (χ4v) is 2.49. The summed E-state index contributed by atoms with van der Waals surface area (Å²) in [7, 11) is 0. The van der Waals surface area contributed by atoms with E-state index in [9.17, 15) is 9.59 Å². The van der Waals surface area contributed by atoms with Crippen molar-refractivity contribution in [1.82, 2.24) is 0 Å². The smallest absolute Gasteiger partial charge is 0.150 e. The molecular weight excluding hydrogens is 276 g/mol. The van der Waals surface area contributed by atoms with Crippen molar-refractivity contribution in [3.05, 3.63) is 34.9 Å². The van der Waals surface area contributed by atoms with Gasteiger partial charge in [-0.05, 0) is 30.2 Å². The molecule has 0 bridgehead atoms. The van der Waals surface area contributed by atoms with Crippen molar-refractivity contribution in [3.63, 3.8) is 0 Å². The zero-order valence-corrected chi connectivity index (χ0v) is 13.7. The Bertz CT molecular complexity index is 414. The van der Waals surface area contributed by atoms with E-state index in [0.29, 0.717) is 17.7 Å². The molecule has 0 saturated heterocycles. The van der Waals surface area contributed by atoms with E-state index < -0.39 is 0 Å². The third kappa shape index (κ3) is 8.08. The van der Waals surface area contributed by atoms with E-state index in [0.717, 1.165) is 31.2 Å². The molecule has 3 heteroatoms. The maximum absolute atomic E-state index is 10.8. The topological polar surface area (TPSA) is 43.4 Å². The molecule has 1 aromatic rings. The lowest BCUT2D eigenvalue weighted by Gasteiger charge is -2.06. The van der Waals surface area contributed by atoms with E-state index in [-0.39, 0.29) is 0 Å². The van der Waals surface area contributed by atoms with E-state index in [1.54, 1.807) is 18.2 Å². The summed E-state index contributed by atoms with van der Waals surface area (Å²) >= 11 is 0. The average molecular weight is 304 g/mol. The fraction of sp³-hybridized carbons (Fsp3) is 0.579. The molecule has 0 aliphatic heterocycles. The monoisotopic (exact) mass is 304 g/mol. The second-order valence-corrected chi connectivity index (χ2v) is 5.77. The summed E-state index contributed by atoms with van der Waals surface area (Å²) < 4.78 is 5.63. The number of hydrogen-bond acceptors (Lipinski definition) is 3. The fourth-order valence-electron chi connectivity index (χ4n) is 2.49. The molecule has 1 rings (SSSR count). The highest BCUT2D eigenvalue weighted by Gasteiger charge is 2.01. The van der Waals surface area contributed by atoms with Gasteiger partial charge in [-0.25, -0.2) is 0 Å². The van der Waals surface area contributed by atoms with Crippen molar-refractivity contribution >= 4 is 12.6 Å². The summed E-state index contributed by atoms with van der Waals surface area (Å²) in [4.78, 5) is 21.6. The predicted molar refractivity (Wildman–Crippen MR) is 89.5 cm³/mol. The van der Waals surface area contributed by atoms with Gasteiger partial charge in [0.25, 0.3) is 0 Å². The highest BCUT2D eigenvalue weighted by atomic mass is 16.5. The average Bonchev–Trinajstić information content (AvgIpc) is 2.56. The van der Waals surface area contributed by atoms with Crippen LogP contribution in [0.15, 0.2) is 18.2 Å². The third-order valence-electron chi connectivity index (χ3n) is 3.72. The number of hydrogen-bond donors (Lipinski definition) is 0. The van der Waals surface area contributed by atoms with Gasteiger partial charge in [0.2, 0.25) is 0 Å². The molecule has 0 saturated carbocycles. The van der Waals surface area contributed by atoms with E-state index in [1.165, 1.54) is 44.9 Å².